The van der Waals surface area contributed by atoms with E-state index in [1.54, 1.807) is 0 Å². The summed E-state index contributed by atoms with van der Waals surface area (Å²) >= 11 is 0. The lowest BCUT2D eigenvalue weighted by atomic mass is 9.93. The molecule has 0 unspecified atom stereocenters. The fourth-order valence-electron chi connectivity index (χ4n) is 9.41. The molecule has 0 saturated carbocycles. The molecular weight excluding hydrogens is 969 g/mol. The maximum Gasteiger partial charge on any atom is 0.326 e. The number of likely N-dealkylation sites (tertiary alicyclic amines) is 1. The number of aliphatic hydroxyl groups is 1. The molecular formula is C54H80N8O13. The van der Waals surface area contributed by atoms with E-state index >= 15 is 0 Å². The third kappa shape index (κ3) is 17.7. The Hall–Kier alpha value is -6.77. The summed E-state index contributed by atoms with van der Waals surface area (Å²) in [5.41, 5.74) is 0.609. The molecule has 4 rings (SSSR count). The van der Waals surface area contributed by atoms with Crippen LogP contribution in [0.1, 0.15) is 148 Å². The monoisotopic (exact) mass is 1050 g/mol. The molecule has 21 nitrogen and oxygen atoms in total. The molecule has 8 amide bonds. The number of nitrogens with one attached hydrogen (secondary N) is 5. The first-order chi connectivity index (χ1) is 35.7. The number of phenolic OH excluding ortho intramolecular Hbond substituents is 2. The number of nitrogens with zero attached hydrogens (tertiary/aromatic N) is 3. The van der Waals surface area contributed by atoms with Gasteiger partial charge in [0.15, 0.2) is 0 Å². The molecule has 75 heavy (non-hydrogen) atoms. The summed E-state index contributed by atoms with van der Waals surface area (Å²) in [4.78, 5) is 124. The van der Waals surface area contributed by atoms with Crippen LogP contribution in [0.4, 0.5) is 0 Å². The van der Waals surface area contributed by atoms with Gasteiger partial charge < -0.3 is 61.7 Å². The Morgan fingerprint density at radius 2 is 1.33 bits per heavy atom. The SMILES string of the molecule is CCCCCCCCCCCCCCCC(=O)N(C)[C@H](CO)C(=O)N[C@H](C)C(=O)NCC(=O)N(C)[C@@H]1C(=O)N[C@@H](C)C(=O)N[C@H](C(=O)N[C@@H](C)C(=O)N2CCC[C@H]2C(=O)O)Cc2ccc(O)c(c2)-c2cc1ccc2O. The number of benzene rings is 2. The Balaban J connectivity index is 1.39. The van der Waals surface area contributed by atoms with E-state index in [4.69, 9.17) is 0 Å². The molecule has 1 fully saturated rings. The van der Waals surface area contributed by atoms with E-state index in [9.17, 15) is 63.6 Å². The van der Waals surface area contributed by atoms with E-state index in [-0.39, 0.29) is 59.9 Å². The van der Waals surface area contributed by atoms with Crippen LogP contribution in [0.25, 0.3) is 11.1 Å². The number of fused-ring (bicyclic) bond motifs is 5. The van der Waals surface area contributed by atoms with Crippen molar-refractivity contribution in [2.75, 3.05) is 33.8 Å². The van der Waals surface area contributed by atoms with Gasteiger partial charge in [-0.05, 0) is 75.4 Å². The van der Waals surface area contributed by atoms with Gasteiger partial charge in [-0.15, -0.1) is 0 Å². The zero-order valence-electron chi connectivity index (χ0n) is 44.5. The number of aromatic hydroxyl groups is 2. The first-order valence-electron chi connectivity index (χ1n) is 26.5. The lowest BCUT2D eigenvalue weighted by Gasteiger charge is -2.30. The predicted octanol–water partition coefficient (Wildman–Crippen LogP) is 3.31. The Morgan fingerprint density at radius 1 is 0.747 bits per heavy atom. The van der Waals surface area contributed by atoms with E-state index in [0.29, 0.717) is 18.4 Å². The standard InChI is InChI=1S/C54H80N8O13/c1-7-8-9-10-11-12-13-14-15-16-17-18-19-22-45(66)60(5)42(32-63)51(71)56-33(2)48(68)55-31-46(67)61(6)47-37-24-26-44(65)39(30-37)38-28-36(23-25-43(38)64)29-40(59-49(69)34(3)57-52(47)72)50(70)58-35(4)53(73)62-27-20-21-41(62)54(74)75/h23-26,28,30,33-35,40-42,47,63-65H,7-22,27,29,31-32H2,1-6H3,(H,55,68)(H,56,71)(H,57,72)(H,58,70)(H,59,69)(H,74,75)/t33-,34+,35+,40+,41+,42-,47+/m1/s1. The van der Waals surface area contributed by atoms with Crippen molar-refractivity contribution in [3.8, 4) is 22.6 Å². The third-order valence-electron chi connectivity index (χ3n) is 14.1. The number of carbonyl (C=O) groups excluding carboxylic acids is 8. The first-order valence-corrected chi connectivity index (χ1v) is 26.5. The highest BCUT2D eigenvalue weighted by molar-refractivity contribution is 5.98. The summed E-state index contributed by atoms with van der Waals surface area (Å²) < 4.78 is 0. The molecule has 0 aromatic heterocycles. The smallest absolute Gasteiger partial charge is 0.326 e. The molecule has 2 aliphatic rings. The van der Waals surface area contributed by atoms with Gasteiger partial charge in [-0.25, -0.2) is 4.79 Å². The summed E-state index contributed by atoms with van der Waals surface area (Å²) in [7, 11) is 2.68. The van der Waals surface area contributed by atoms with Gasteiger partial charge in [-0.1, -0.05) is 96.1 Å². The third-order valence-corrected chi connectivity index (χ3v) is 14.1. The molecule has 7 atom stereocenters. The Labute approximate surface area is 439 Å². The van der Waals surface area contributed by atoms with Crippen LogP contribution < -0.4 is 26.6 Å². The van der Waals surface area contributed by atoms with E-state index in [2.05, 4.69) is 33.5 Å². The number of rotatable bonds is 26. The summed E-state index contributed by atoms with van der Waals surface area (Å²) in [6, 6.07) is -0.773. The van der Waals surface area contributed by atoms with E-state index in [0.717, 1.165) is 35.5 Å². The van der Waals surface area contributed by atoms with Crippen LogP contribution in [0.3, 0.4) is 0 Å². The number of likely N-dealkylation sites (N-methyl/N-ethyl adjacent to an activating group) is 2. The molecule has 0 spiro atoms. The highest BCUT2D eigenvalue weighted by atomic mass is 16.4. The van der Waals surface area contributed by atoms with E-state index < -0.39 is 103 Å². The fraction of sp³-hybridized carbons (Fsp3) is 0.611. The number of carboxylic acid groups (broad SMARTS) is 1. The molecule has 414 valence electrons. The number of carbonyl (C=O) groups is 9. The molecule has 2 aliphatic heterocycles. The van der Waals surface area contributed by atoms with Gasteiger partial charge in [0, 0.05) is 44.6 Å². The largest absolute Gasteiger partial charge is 0.507 e. The zero-order chi connectivity index (χ0) is 55.4. The molecule has 0 radical (unpaired) electrons. The van der Waals surface area contributed by atoms with Crippen molar-refractivity contribution >= 4 is 53.2 Å². The second kappa shape index (κ2) is 29.9. The Morgan fingerprint density at radius 3 is 1.93 bits per heavy atom. The number of phenols is 2. The van der Waals surface area contributed by atoms with Gasteiger partial charge in [0.2, 0.25) is 47.3 Å². The number of unbranched alkanes of at least 4 members (excludes halogenated alkanes) is 12. The fourth-order valence-corrected chi connectivity index (χ4v) is 9.41. The average molecular weight is 1050 g/mol. The minimum atomic E-state index is -1.53. The quantitative estimate of drug-likeness (QED) is 0.0612. The molecule has 9 N–H and O–H groups in total. The van der Waals surface area contributed by atoms with Crippen LogP contribution in [-0.2, 0) is 49.6 Å². The van der Waals surface area contributed by atoms with Gasteiger partial charge in [-0.3, -0.25) is 38.4 Å². The number of hydrogen-bond donors (Lipinski definition) is 9. The van der Waals surface area contributed by atoms with Crippen molar-refractivity contribution in [2.45, 2.75) is 179 Å². The minimum absolute atomic E-state index is 0.0319. The van der Waals surface area contributed by atoms with Crippen LogP contribution in [0, 0.1) is 0 Å². The van der Waals surface area contributed by atoms with E-state index in [1.807, 2.05) is 0 Å². The number of aliphatic carboxylic acids is 1. The second-order valence-corrected chi connectivity index (χ2v) is 19.9. The van der Waals surface area contributed by atoms with Crippen molar-refractivity contribution in [3.05, 3.63) is 47.5 Å². The molecule has 2 aromatic carbocycles. The normalized spacial score (nSPS) is 18.8. The first kappa shape index (κ1) is 60.8. The van der Waals surface area contributed by atoms with E-state index in [1.165, 1.54) is 128 Å². The van der Waals surface area contributed by atoms with Crippen LogP contribution in [0.15, 0.2) is 36.4 Å². The molecule has 2 aromatic rings. The van der Waals surface area contributed by atoms with Gasteiger partial charge in [0.1, 0.15) is 53.8 Å². The number of amides is 8. The molecule has 0 aliphatic carbocycles. The van der Waals surface area contributed by atoms with Crippen molar-refractivity contribution in [1.29, 1.82) is 0 Å². The molecule has 4 bridgehead atoms. The van der Waals surface area contributed by atoms with Gasteiger partial charge in [0.05, 0.1) is 13.2 Å². The predicted molar refractivity (Wildman–Crippen MR) is 279 cm³/mol. The van der Waals surface area contributed by atoms with Crippen LogP contribution in [0.2, 0.25) is 0 Å². The van der Waals surface area contributed by atoms with Crippen LogP contribution in [0.5, 0.6) is 11.5 Å². The number of aliphatic hydroxyl groups excluding tert-OH is 1. The van der Waals surface area contributed by atoms with Gasteiger partial charge in [0.25, 0.3) is 0 Å². The topological polar surface area (TPSA) is 304 Å². The molecule has 1 saturated heterocycles. The summed E-state index contributed by atoms with van der Waals surface area (Å²) in [6.45, 7) is 5.09. The highest BCUT2D eigenvalue weighted by Gasteiger charge is 2.38. The maximum absolute atomic E-state index is 14.2. The van der Waals surface area contributed by atoms with Crippen molar-refractivity contribution < 1.29 is 63.6 Å². The minimum Gasteiger partial charge on any atom is -0.507 e. The number of hydrogen-bond acceptors (Lipinski definition) is 12. The molecule has 21 heteroatoms. The van der Waals surface area contributed by atoms with Gasteiger partial charge in [-0.2, -0.15) is 0 Å². The van der Waals surface area contributed by atoms with Crippen molar-refractivity contribution in [2.24, 2.45) is 0 Å². The average Bonchev–Trinajstić information content (AvgIpc) is 3.88. The second-order valence-electron chi connectivity index (χ2n) is 19.9. The summed E-state index contributed by atoms with van der Waals surface area (Å²) in [5, 5.41) is 54.5. The number of carboxylic acids is 1. The van der Waals surface area contributed by atoms with Gasteiger partial charge >= 0.3 is 5.97 Å². The summed E-state index contributed by atoms with van der Waals surface area (Å²) in [6.07, 6.45) is 15.7. The molecule has 2 heterocycles. The van der Waals surface area contributed by atoms with Crippen LogP contribution >= 0.6 is 0 Å². The Bertz CT molecular complexity index is 2330. The highest BCUT2D eigenvalue weighted by Crippen LogP contribution is 2.39. The maximum atomic E-state index is 14.2. The van der Waals surface area contributed by atoms with Crippen molar-refractivity contribution in [3.63, 3.8) is 0 Å². The Kier molecular flexibility index (Phi) is 24.3. The summed E-state index contributed by atoms with van der Waals surface area (Å²) in [5.74, 6) is -7.71. The lowest BCUT2D eigenvalue weighted by Crippen LogP contribution is -2.58. The lowest BCUT2D eigenvalue weighted by molar-refractivity contribution is -0.149. The van der Waals surface area contributed by atoms with Crippen LogP contribution in [-0.4, -0.2) is 158 Å². The zero-order valence-corrected chi connectivity index (χ0v) is 44.5. The van der Waals surface area contributed by atoms with Crippen molar-refractivity contribution in [1.82, 2.24) is 41.3 Å².